The number of rotatable bonds is 7. The van der Waals surface area contributed by atoms with Crippen molar-refractivity contribution in [3.05, 3.63) is 65.2 Å². The normalized spacial score (nSPS) is 10.7. The van der Waals surface area contributed by atoms with Crippen molar-refractivity contribution in [3.63, 3.8) is 0 Å². The highest BCUT2D eigenvalue weighted by Crippen LogP contribution is 2.27. The third-order valence-electron chi connectivity index (χ3n) is 3.76. The summed E-state index contributed by atoms with van der Waals surface area (Å²) in [7, 11) is 0. The summed E-state index contributed by atoms with van der Waals surface area (Å²) in [6.07, 6.45) is 3.90. The van der Waals surface area contributed by atoms with Crippen LogP contribution in [0.1, 0.15) is 35.7 Å². The molecule has 0 unspecified atom stereocenters. The molecule has 0 saturated heterocycles. The zero-order valence-electron chi connectivity index (χ0n) is 13.7. The summed E-state index contributed by atoms with van der Waals surface area (Å²) in [5.74, 6) is -0.0499. The Balaban J connectivity index is 1.86. The first kappa shape index (κ1) is 16.5. The maximum atomic E-state index is 12.5. The van der Waals surface area contributed by atoms with Gasteiger partial charge in [0.2, 0.25) is 0 Å². The van der Waals surface area contributed by atoms with E-state index in [-0.39, 0.29) is 5.91 Å². The van der Waals surface area contributed by atoms with Crippen LogP contribution in [0.15, 0.2) is 54.0 Å². The van der Waals surface area contributed by atoms with E-state index in [1.807, 2.05) is 46.6 Å². The number of benzene rings is 1. The number of aromatic nitrogens is 2. The van der Waals surface area contributed by atoms with Gasteiger partial charge < -0.3 is 5.32 Å². The molecule has 24 heavy (non-hydrogen) atoms. The van der Waals surface area contributed by atoms with Gasteiger partial charge in [-0.3, -0.25) is 9.48 Å². The summed E-state index contributed by atoms with van der Waals surface area (Å²) < 4.78 is 1.85. The van der Waals surface area contributed by atoms with Crippen LogP contribution in [0.5, 0.6) is 0 Å². The molecule has 0 atom stereocenters. The van der Waals surface area contributed by atoms with Crippen LogP contribution in [0.25, 0.3) is 10.6 Å². The van der Waals surface area contributed by atoms with Crippen molar-refractivity contribution in [2.45, 2.75) is 26.3 Å². The molecule has 1 aromatic carbocycles. The molecule has 0 bridgehead atoms. The second-order valence-electron chi connectivity index (χ2n) is 5.66. The predicted molar refractivity (Wildman–Crippen MR) is 98.3 cm³/mol. The molecular formula is C19H21N3OS. The van der Waals surface area contributed by atoms with Crippen molar-refractivity contribution in [2.75, 3.05) is 6.54 Å². The highest BCUT2D eigenvalue weighted by atomic mass is 32.1. The lowest BCUT2D eigenvalue weighted by Gasteiger charge is -2.03. The Labute approximate surface area is 146 Å². The van der Waals surface area contributed by atoms with Gasteiger partial charge in [-0.2, -0.15) is 5.10 Å². The van der Waals surface area contributed by atoms with Crippen molar-refractivity contribution >= 4 is 17.2 Å². The van der Waals surface area contributed by atoms with Gasteiger partial charge in [0, 0.05) is 12.7 Å². The number of carbonyl (C=O) groups is 1. The molecule has 1 N–H and O–H groups in total. The van der Waals surface area contributed by atoms with E-state index >= 15 is 0 Å². The van der Waals surface area contributed by atoms with Crippen molar-refractivity contribution in [1.82, 2.24) is 15.1 Å². The van der Waals surface area contributed by atoms with E-state index in [9.17, 15) is 4.79 Å². The van der Waals surface area contributed by atoms with Gasteiger partial charge in [0.25, 0.3) is 5.91 Å². The topological polar surface area (TPSA) is 46.9 Å². The van der Waals surface area contributed by atoms with Gasteiger partial charge in [-0.1, -0.05) is 49.7 Å². The van der Waals surface area contributed by atoms with Crippen LogP contribution in [0.3, 0.4) is 0 Å². The molecule has 0 aliphatic carbocycles. The van der Waals surface area contributed by atoms with Crippen LogP contribution in [-0.2, 0) is 6.54 Å². The van der Waals surface area contributed by atoms with E-state index in [1.165, 1.54) is 0 Å². The Bertz CT molecular complexity index is 778. The summed E-state index contributed by atoms with van der Waals surface area (Å²) in [5.41, 5.74) is 2.56. The van der Waals surface area contributed by atoms with E-state index < -0.39 is 0 Å². The Hall–Kier alpha value is -2.40. The first-order valence-electron chi connectivity index (χ1n) is 8.21. The molecule has 0 fully saturated rings. The van der Waals surface area contributed by atoms with E-state index in [2.05, 4.69) is 29.5 Å². The van der Waals surface area contributed by atoms with Gasteiger partial charge in [-0.05, 0) is 23.4 Å². The average Bonchev–Trinajstić information content (AvgIpc) is 3.25. The summed E-state index contributed by atoms with van der Waals surface area (Å²) in [6, 6.07) is 14.1. The number of hydrogen-bond donors (Lipinski definition) is 1. The highest BCUT2D eigenvalue weighted by Gasteiger charge is 2.18. The van der Waals surface area contributed by atoms with E-state index in [0.717, 1.165) is 29.0 Å². The summed E-state index contributed by atoms with van der Waals surface area (Å²) >= 11 is 1.60. The zero-order chi connectivity index (χ0) is 16.8. The lowest BCUT2D eigenvalue weighted by molar-refractivity contribution is 0.0953. The average molecular weight is 339 g/mol. The molecule has 4 nitrogen and oxygen atoms in total. The van der Waals surface area contributed by atoms with Gasteiger partial charge in [-0.15, -0.1) is 11.3 Å². The van der Waals surface area contributed by atoms with Gasteiger partial charge in [-0.25, -0.2) is 0 Å². The minimum Gasteiger partial charge on any atom is -0.352 e. The fourth-order valence-electron chi connectivity index (χ4n) is 2.51. The van der Waals surface area contributed by atoms with Crippen LogP contribution in [-0.4, -0.2) is 22.2 Å². The van der Waals surface area contributed by atoms with Crippen LogP contribution in [0.4, 0.5) is 0 Å². The van der Waals surface area contributed by atoms with E-state index in [0.29, 0.717) is 18.7 Å². The summed E-state index contributed by atoms with van der Waals surface area (Å²) in [5, 5.41) is 9.66. The standard InChI is InChI=1S/C19H21N3OS/c1-2-3-11-20-19(23)16-14-22(13-15-8-5-4-6-9-15)21-18(16)17-10-7-12-24-17/h4-10,12,14H,2-3,11,13H2,1H3,(H,20,23). The largest absolute Gasteiger partial charge is 0.352 e. The molecule has 0 aliphatic heterocycles. The maximum Gasteiger partial charge on any atom is 0.255 e. The Morgan fingerprint density at radius 1 is 1.21 bits per heavy atom. The van der Waals surface area contributed by atoms with Crippen molar-refractivity contribution in [2.24, 2.45) is 0 Å². The molecule has 0 saturated carbocycles. The maximum absolute atomic E-state index is 12.5. The number of carbonyl (C=O) groups excluding carboxylic acids is 1. The highest BCUT2D eigenvalue weighted by molar-refractivity contribution is 7.13. The SMILES string of the molecule is CCCCNC(=O)c1cn(Cc2ccccc2)nc1-c1cccs1. The van der Waals surface area contributed by atoms with Gasteiger partial charge in [0.1, 0.15) is 5.69 Å². The summed E-state index contributed by atoms with van der Waals surface area (Å²) in [6.45, 7) is 3.46. The molecule has 0 aliphatic rings. The smallest absolute Gasteiger partial charge is 0.255 e. The zero-order valence-corrected chi connectivity index (χ0v) is 14.6. The van der Waals surface area contributed by atoms with Crippen molar-refractivity contribution in [3.8, 4) is 10.6 Å². The number of hydrogen-bond acceptors (Lipinski definition) is 3. The first-order chi connectivity index (χ1) is 11.8. The van der Waals surface area contributed by atoms with E-state index in [1.54, 1.807) is 11.3 Å². The number of unbranched alkanes of at least 4 members (excludes halogenated alkanes) is 1. The Morgan fingerprint density at radius 3 is 2.75 bits per heavy atom. The monoisotopic (exact) mass is 339 g/mol. The third kappa shape index (κ3) is 3.92. The fraction of sp³-hybridized carbons (Fsp3) is 0.263. The number of thiophene rings is 1. The summed E-state index contributed by atoms with van der Waals surface area (Å²) in [4.78, 5) is 13.6. The van der Waals surface area contributed by atoms with Crippen LogP contribution in [0.2, 0.25) is 0 Å². The molecule has 3 rings (SSSR count). The Kier molecular flexibility index (Phi) is 5.43. The molecule has 2 heterocycles. The van der Waals surface area contributed by atoms with Crippen LogP contribution < -0.4 is 5.32 Å². The second kappa shape index (κ2) is 7.93. The predicted octanol–water partition coefficient (Wildman–Crippen LogP) is 4.19. The fourth-order valence-corrected chi connectivity index (χ4v) is 3.23. The minimum atomic E-state index is -0.0499. The van der Waals surface area contributed by atoms with Gasteiger partial charge in [0.15, 0.2) is 0 Å². The van der Waals surface area contributed by atoms with Crippen LogP contribution >= 0.6 is 11.3 Å². The molecule has 2 aromatic heterocycles. The molecule has 3 aromatic rings. The first-order valence-corrected chi connectivity index (χ1v) is 9.09. The van der Waals surface area contributed by atoms with Crippen LogP contribution in [0, 0.1) is 0 Å². The van der Waals surface area contributed by atoms with Crippen molar-refractivity contribution < 1.29 is 4.79 Å². The second-order valence-corrected chi connectivity index (χ2v) is 6.61. The number of nitrogens with one attached hydrogen (secondary N) is 1. The molecule has 0 radical (unpaired) electrons. The minimum absolute atomic E-state index is 0.0499. The molecule has 5 heteroatoms. The van der Waals surface area contributed by atoms with Gasteiger partial charge >= 0.3 is 0 Å². The van der Waals surface area contributed by atoms with E-state index in [4.69, 9.17) is 0 Å². The van der Waals surface area contributed by atoms with Gasteiger partial charge in [0.05, 0.1) is 17.0 Å². The molecule has 124 valence electrons. The Morgan fingerprint density at radius 2 is 2.04 bits per heavy atom. The number of amides is 1. The number of nitrogens with zero attached hydrogens (tertiary/aromatic N) is 2. The molecular weight excluding hydrogens is 318 g/mol. The third-order valence-corrected chi connectivity index (χ3v) is 4.64. The quantitative estimate of drug-likeness (QED) is 0.656. The van der Waals surface area contributed by atoms with Crippen molar-refractivity contribution in [1.29, 1.82) is 0 Å². The lowest BCUT2D eigenvalue weighted by atomic mass is 10.2. The lowest BCUT2D eigenvalue weighted by Crippen LogP contribution is -2.24. The molecule has 1 amide bonds. The molecule has 0 spiro atoms.